The summed E-state index contributed by atoms with van der Waals surface area (Å²) in [6, 6.07) is 16.0. The maximum Gasteiger partial charge on any atom is 0.243 e. The van der Waals surface area contributed by atoms with E-state index in [-0.39, 0.29) is 5.91 Å². The first kappa shape index (κ1) is 21.5. The number of carbonyl (C=O) groups is 1. The van der Waals surface area contributed by atoms with Gasteiger partial charge in [0.25, 0.3) is 0 Å². The zero-order valence-electron chi connectivity index (χ0n) is 17.0. The molecule has 0 saturated carbocycles. The van der Waals surface area contributed by atoms with Crippen molar-refractivity contribution in [3.05, 3.63) is 65.7 Å². The molecular weight excluding hydrogens is 352 g/mol. The first-order valence-electron chi connectivity index (χ1n) is 9.61. The van der Waals surface area contributed by atoms with Gasteiger partial charge in [0.15, 0.2) is 11.5 Å². The average molecular weight is 383 g/mol. The molecule has 5 nitrogen and oxygen atoms in total. The fourth-order valence-corrected chi connectivity index (χ4v) is 2.83. The number of carbonyl (C=O) groups excluding carboxylic acids is 1. The van der Waals surface area contributed by atoms with Crippen molar-refractivity contribution in [2.75, 3.05) is 33.9 Å². The third-order valence-corrected chi connectivity index (χ3v) is 4.23. The largest absolute Gasteiger partial charge is 0.493 e. The number of nitrogens with one attached hydrogen (secondary N) is 1. The van der Waals surface area contributed by atoms with Crippen LogP contribution in [0.15, 0.2) is 54.6 Å². The van der Waals surface area contributed by atoms with Crippen molar-refractivity contribution in [1.82, 2.24) is 10.2 Å². The van der Waals surface area contributed by atoms with E-state index in [1.807, 2.05) is 31.2 Å². The van der Waals surface area contributed by atoms with Gasteiger partial charge in [-0.3, -0.25) is 4.79 Å². The lowest BCUT2D eigenvalue weighted by molar-refractivity contribution is -0.116. The normalized spacial score (nSPS) is 11.0. The van der Waals surface area contributed by atoms with E-state index in [9.17, 15) is 4.79 Å². The molecule has 1 N–H and O–H groups in total. The van der Waals surface area contributed by atoms with Gasteiger partial charge in [-0.15, -0.1) is 0 Å². The number of benzene rings is 2. The molecule has 5 heteroatoms. The van der Waals surface area contributed by atoms with E-state index in [0.29, 0.717) is 24.7 Å². The van der Waals surface area contributed by atoms with E-state index in [1.165, 1.54) is 5.56 Å². The van der Waals surface area contributed by atoms with Crippen molar-refractivity contribution < 1.29 is 14.3 Å². The van der Waals surface area contributed by atoms with Gasteiger partial charge in [0, 0.05) is 19.2 Å². The van der Waals surface area contributed by atoms with E-state index >= 15 is 0 Å². The smallest absolute Gasteiger partial charge is 0.243 e. The van der Waals surface area contributed by atoms with E-state index in [2.05, 4.69) is 41.5 Å². The lowest BCUT2D eigenvalue weighted by atomic mass is 10.2. The number of hydrogen-bond donors (Lipinski definition) is 1. The van der Waals surface area contributed by atoms with Crippen LogP contribution in [0, 0.1) is 0 Å². The molecule has 2 rings (SSSR count). The maximum absolute atomic E-state index is 12.0. The molecule has 2 aromatic rings. The minimum atomic E-state index is -0.0986. The van der Waals surface area contributed by atoms with Crippen LogP contribution in [0.3, 0.4) is 0 Å². The van der Waals surface area contributed by atoms with Gasteiger partial charge in [-0.2, -0.15) is 0 Å². The summed E-state index contributed by atoms with van der Waals surface area (Å²) in [5, 5.41) is 2.92. The van der Waals surface area contributed by atoms with Crippen molar-refractivity contribution in [1.29, 1.82) is 0 Å². The lowest BCUT2D eigenvalue weighted by Gasteiger charge is -2.16. The van der Waals surface area contributed by atoms with Gasteiger partial charge in [0.1, 0.15) is 0 Å². The summed E-state index contributed by atoms with van der Waals surface area (Å²) < 4.78 is 10.8. The molecule has 0 heterocycles. The zero-order chi connectivity index (χ0) is 20.2. The van der Waals surface area contributed by atoms with Crippen molar-refractivity contribution in [3.8, 4) is 11.5 Å². The second-order valence-electron chi connectivity index (χ2n) is 6.54. The standard InChI is InChI=1S/C23H30N2O3/c1-4-28-21-13-11-19(17-22(21)27-3)12-14-23(26)24-15-8-16-25(2)18-20-9-6-5-7-10-20/h5-7,9-14,17H,4,8,15-16,18H2,1-3H3,(H,24,26)/b14-12+. The predicted molar refractivity (Wildman–Crippen MR) is 114 cm³/mol. The molecule has 0 aliphatic carbocycles. The highest BCUT2D eigenvalue weighted by atomic mass is 16.5. The number of nitrogens with zero attached hydrogens (tertiary/aromatic N) is 1. The fourth-order valence-electron chi connectivity index (χ4n) is 2.83. The number of hydrogen-bond acceptors (Lipinski definition) is 4. The Morgan fingerprint density at radius 3 is 2.64 bits per heavy atom. The van der Waals surface area contributed by atoms with Crippen LogP contribution in [0.4, 0.5) is 0 Å². The second kappa shape index (κ2) is 11.8. The average Bonchev–Trinajstić information content (AvgIpc) is 2.71. The number of amides is 1. The van der Waals surface area contributed by atoms with Gasteiger partial charge < -0.3 is 19.7 Å². The Balaban J connectivity index is 1.72. The fraction of sp³-hybridized carbons (Fsp3) is 0.348. The Kier molecular flexibility index (Phi) is 9.08. The van der Waals surface area contributed by atoms with Crippen molar-refractivity contribution in [2.24, 2.45) is 0 Å². The van der Waals surface area contributed by atoms with Gasteiger partial charge in [0.05, 0.1) is 13.7 Å². The molecule has 0 aliphatic heterocycles. The summed E-state index contributed by atoms with van der Waals surface area (Å²) in [7, 11) is 3.70. The molecule has 0 saturated heterocycles. The summed E-state index contributed by atoms with van der Waals surface area (Å²) in [4.78, 5) is 14.3. The third-order valence-electron chi connectivity index (χ3n) is 4.23. The van der Waals surface area contributed by atoms with Gasteiger partial charge in [-0.05, 0) is 56.3 Å². The van der Waals surface area contributed by atoms with Crippen LogP contribution in [0.2, 0.25) is 0 Å². The Morgan fingerprint density at radius 2 is 1.93 bits per heavy atom. The van der Waals surface area contributed by atoms with Crippen LogP contribution in [-0.2, 0) is 11.3 Å². The summed E-state index contributed by atoms with van der Waals surface area (Å²) in [5.41, 5.74) is 2.18. The van der Waals surface area contributed by atoms with Crippen LogP contribution < -0.4 is 14.8 Å². The molecule has 2 aromatic carbocycles. The second-order valence-corrected chi connectivity index (χ2v) is 6.54. The van der Waals surface area contributed by atoms with Gasteiger partial charge >= 0.3 is 0 Å². The Morgan fingerprint density at radius 1 is 1.14 bits per heavy atom. The van der Waals surface area contributed by atoms with Crippen LogP contribution in [0.25, 0.3) is 6.08 Å². The topological polar surface area (TPSA) is 50.8 Å². The van der Waals surface area contributed by atoms with E-state index in [0.717, 1.165) is 25.1 Å². The highest BCUT2D eigenvalue weighted by Crippen LogP contribution is 2.28. The number of methoxy groups -OCH3 is 1. The lowest BCUT2D eigenvalue weighted by Crippen LogP contribution is -2.26. The predicted octanol–water partition coefficient (Wildman–Crippen LogP) is 3.75. The molecule has 28 heavy (non-hydrogen) atoms. The van der Waals surface area contributed by atoms with Crippen molar-refractivity contribution >= 4 is 12.0 Å². The summed E-state index contributed by atoms with van der Waals surface area (Å²) >= 11 is 0. The molecule has 1 amide bonds. The minimum Gasteiger partial charge on any atom is -0.493 e. The molecule has 0 radical (unpaired) electrons. The Bertz CT molecular complexity index is 760. The summed E-state index contributed by atoms with van der Waals surface area (Å²) in [6.07, 6.45) is 4.22. The first-order chi connectivity index (χ1) is 13.6. The molecular formula is C23H30N2O3. The molecule has 0 fully saturated rings. The van der Waals surface area contributed by atoms with E-state index in [1.54, 1.807) is 19.3 Å². The summed E-state index contributed by atoms with van der Waals surface area (Å²) in [6.45, 7) is 4.99. The molecule has 0 bridgehead atoms. The van der Waals surface area contributed by atoms with Gasteiger partial charge in [0.2, 0.25) is 5.91 Å². The molecule has 0 aromatic heterocycles. The SMILES string of the molecule is CCOc1ccc(/C=C/C(=O)NCCCN(C)Cc2ccccc2)cc1OC. The monoisotopic (exact) mass is 382 g/mol. The first-order valence-corrected chi connectivity index (χ1v) is 9.61. The Labute approximate surface area is 168 Å². The van der Waals surface area contributed by atoms with Crippen molar-refractivity contribution in [3.63, 3.8) is 0 Å². The molecule has 0 aliphatic rings. The molecule has 0 spiro atoms. The number of rotatable bonds is 11. The van der Waals surface area contributed by atoms with Crippen LogP contribution in [-0.4, -0.2) is 44.7 Å². The van der Waals surface area contributed by atoms with E-state index < -0.39 is 0 Å². The zero-order valence-corrected chi connectivity index (χ0v) is 17.0. The van der Waals surface area contributed by atoms with Crippen molar-refractivity contribution in [2.45, 2.75) is 19.9 Å². The molecule has 0 unspecified atom stereocenters. The van der Waals surface area contributed by atoms with Crippen LogP contribution in [0.5, 0.6) is 11.5 Å². The highest BCUT2D eigenvalue weighted by molar-refractivity contribution is 5.91. The Hall–Kier alpha value is -2.79. The third kappa shape index (κ3) is 7.45. The molecule has 150 valence electrons. The summed E-state index contributed by atoms with van der Waals surface area (Å²) in [5.74, 6) is 1.26. The van der Waals surface area contributed by atoms with Crippen LogP contribution >= 0.6 is 0 Å². The van der Waals surface area contributed by atoms with Gasteiger partial charge in [-0.25, -0.2) is 0 Å². The minimum absolute atomic E-state index is 0.0986. The highest BCUT2D eigenvalue weighted by Gasteiger charge is 2.04. The number of ether oxygens (including phenoxy) is 2. The molecule has 0 atom stereocenters. The van der Waals surface area contributed by atoms with Gasteiger partial charge in [-0.1, -0.05) is 36.4 Å². The van der Waals surface area contributed by atoms with E-state index in [4.69, 9.17) is 9.47 Å². The maximum atomic E-state index is 12.0. The van der Waals surface area contributed by atoms with Crippen LogP contribution in [0.1, 0.15) is 24.5 Å². The quantitative estimate of drug-likeness (QED) is 0.475.